The Bertz CT molecular complexity index is 1190. The second-order valence-corrected chi connectivity index (χ2v) is 7.35. The smallest absolute Gasteiger partial charge is 0.282 e. The van der Waals surface area contributed by atoms with Gasteiger partial charge < -0.3 is 5.32 Å². The molecule has 0 radical (unpaired) electrons. The Morgan fingerprint density at radius 2 is 1.82 bits per heavy atom. The van der Waals surface area contributed by atoms with Gasteiger partial charge in [-0.05, 0) is 36.4 Å². The molecule has 0 aliphatic rings. The van der Waals surface area contributed by atoms with Crippen molar-refractivity contribution in [3.63, 3.8) is 0 Å². The van der Waals surface area contributed by atoms with Gasteiger partial charge in [-0.25, -0.2) is 4.98 Å². The van der Waals surface area contributed by atoms with Crippen molar-refractivity contribution in [2.75, 3.05) is 5.32 Å². The highest BCUT2D eigenvalue weighted by Gasteiger charge is 2.19. The van der Waals surface area contributed by atoms with Crippen LogP contribution in [0.5, 0.6) is 0 Å². The minimum Gasteiger partial charge on any atom is -0.322 e. The van der Waals surface area contributed by atoms with E-state index < -0.39 is 10.8 Å². The Balaban J connectivity index is 1.61. The molecule has 0 aliphatic heterocycles. The molecule has 0 aliphatic carbocycles. The summed E-state index contributed by atoms with van der Waals surface area (Å²) in [6.07, 6.45) is 0. The molecule has 0 fully saturated rings. The number of benzene rings is 3. The van der Waals surface area contributed by atoms with Crippen LogP contribution in [0.3, 0.4) is 0 Å². The maximum Gasteiger partial charge on any atom is 0.282 e. The van der Waals surface area contributed by atoms with Crippen LogP contribution in [0.4, 0.5) is 11.4 Å². The maximum absolute atomic E-state index is 12.5. The summed E-state index contributed by atoms with van der Waals surface area (Å²) in [4.78, 5) is 27.6. The quantitative estimate of drug-likeness (QED) is 0.342. The van der Waals surface area contributed by atoms with Crippen molar-refractivity contribution in [3.8, 4) is 10.6 Å². The number of rotatable bonds is 4. The molecule has 0 saturated carbocycles. The molecule has 138 valence electrons. The van der Waals surface area contributed by atoms with E-state index in [4.69, 9.17) is 11.6 Å². The fraction of sp³-hybridized carbons (Fsp3) is 0. The lowest BCUT2D eigenvalue weighted by molar-refractivity contribution is -0.385. The topological polar surface area (TPSA) is 85.1 Å². The molecule has 3 aromatic carbocycles. The van der Waals surface area contributed by atoms with E-state index >= 15 is 0 Å². The summed E-state index contributed by atoms with van der Waals surface area (Å²) in [7, 11) is 0. The number of carbonyl (C=O) groups excluding carboxylic acids is 1. The number of nitrogens with one attached hydrogen (secondary N) is 1. The summed E-state index contributed by atoms with van der Waals surface area (Å²) in [6.45, 7) is 0. The summed E-state index contributed by atoms with van der Waals surface area (Å²) >= 11 is 7.94. The van der Waals surface area contributed by atoms with Gasteiger partial charge in [-0.15, -0.1) is 11.3 Å². The van der Waals surface area contributed by atoms with Crippen LogP contribution >= 0.6 is 22.9 Å². The number of anilines is 1. The molecule has 8 heteroatoms. The van der Waals surface area contributed by atoms with Crippen molar-refractivity contribution in [1.82, 2.24) is 4.98 Å². The van der Waals surface area contributed by atoms with E-state index in [1.807, 2.05) is 24.3 Å². The molecule has 1 amide bonds. The van der Waals surface area contributed by atoms with E-state index in [1.54, 1.807) is 24.3 Å². The Labute approximate surface area is 168 Å². The number of nitro benzene ring substituents is 1. The Morgan fingerprint density at radius 3 is 2.57 bits per heavy atom. The van der Waals surface area contributed by atoms with E-state index in [-0.39, 0.29) is 11.3 Å². The van der Waals surface area contributed by atoms with E-state index in [1.165, 1.54) is 29.5 Å². The van der Waals surface area contributed by atoms with Crippen LogP contribution < -0.4 is 5.32 Å². The minimum atomic E-state index is -0.585. The highest BCUT2D eigenvalue weighted by Crippen LogP contribution is 2.35. The average Bonchev–Trinajstić information content (AvgIpc) is 3.11. The molecule has 0 bridgehead atoms. The fourth-order valence-corrected chi connectivity index (χ4v) is 4.11. The van der Waals surface area contributed by atoms with Crippen molar-refractivity contribution in [2.24, 2.45) is 0 Å². The summed E-state index contributed by atoms with van der Waals surface area (Å²) < 4.78 is 1.06. The minimum absolute atomic E-state index is 0.0149. The number of para-hydroxylation sites is 2. The Hall–Kier alpha value is -3.29. The number of carbonyl (C=O) groups is 1. The molecule has 28 heavy (non-hydrogen) atoms. The lowest BCUT2D eigenvalue weighted by Gasteiger charge is -2.08. The molecule has 0 unspecified atom stereocenters. The number of amides is 1. The van der Waals surface area contributed by atoms with Gasteiger partial charge in [-0.1, -0.05) is 35.9 Å². The molecule has 4 aromatic rings. The third-order valence-corrected chi connectivity index (χ3v) is 5.48. The standard InChI is InChI=1S/C20H12ClN3O3S/c21-15-11-12(22-19(25)14-5-1-3-7-17(14)24(26)27)9-10-13(15)20-23-16-6-2-4-8-18(16)28-20/h1-11H,(H,22,25). The van der Waals surface area contributed by atoms with Crippen molar-refractivity contribution in [1.29, 1.82) is 0 Å². The molecule has 1 aromatic heterocycles. The zero-order chi connectivity index (χ0) is 19.7. The SMILES string of the molecule is O=C(Nc1ccc(-c2nc3ccccc3s2)c(Cl)c1)c1ccccc1[N+](=O)[O-]. The second kappa shape index (κ2) is 7.38. The van der Waals surface area contributed by atoms with Crippen LogP contribution in [-0.4, -0.2) is 15.8 Å². The molecule has 0 atom stereocenters. The number of halogens is 1. The van der Waals surface area contributed by atoms with Gasteiger partial charge in [0, 0.05) is 17.3 Å². The van der Waals surface area contributed by atoms with Gasteiger partial charge in [-0.3, -0.25) is 14.9 Å². The van der Waals surface area contributed by atoms with Crippen LogP contribution in [0.15, 0.2) is 66.7 Å². The zero-order valence-electron chi connectivity index (χ0n) is 14.3. The van der Waals surface area contributed by atoms with Crippen molar-refractivity contribution in [3.05, 3.63) is 87.4 Å². The van der Waals surface area contributed by atoms with Gasteiger partial charge in [0.2, 0.25) is 0 Å². The first kappa shape index (κ1) is 18.1. The van der Waals surface area contributed by atoms with Crippen molar-refractivity contribution < 1.29 is 9.72 Å². The van der Waals surface area contributed by atoms with Gasteiger partial charge in [0.1, 0.15) is 10.6 Å². The molecule has 6 nitrogen and oxygen atoms in total. The van der Waals surface area contributed by atoms with Crippen LogP contribution in [0.25, 0.3) is 20.8 Å². The summed E-state index contributed by atoms with van der Waals surface area (Å²) in [5.41, 5.74) is 1.83. The summed E-state index contributed by atoms with van der Waals surface area (Å²) in [6, 6.07) is 18.7. The van der Waals surface area contributed by atoms with Gasteiger partial charge in [-0.2, -0.15) is 0 Å². The van der Waals surface area contributed by atoms with Crippen LogP contribution in [0.1, 0.15) is 10.4 Å². The Morgan fingerprint density at radius 1 is 1.07 bits per heavy atom. The van der Waals surface area contributed by atoms with Crippen molar-refractivity contribution in [2.45, 2.75) is 0 Å². The summed E-state index contributed by atoms with van der Waals surface area (Å²) in [5.74, 6) is -0.573. The molecule has 0 saturated heterocycles. The number of fused-ring (bicyclic) bond motifs is 1. The number of aromatic nitrogens is 1. The molecule has 1 N–H and O–H groups in total. The van der Waals surface area contributed by atoms with E-state index in [0.29, 0.717) is 10.7 Å². The predicted octanol–water partition coefficient (Wildman–Crippen LogP) is 5.78. The van der Waals surface area contributed by atoms with Gasteiger partial charge in [0.15, 0.2) is 0 Å². The third kappa shape index (κ3) is 3.45. The third-order valence-electron chi connectivity index (χ3n) is 4.10. The molecule has 0 spiro atoms. The Kier molecular flexibility index (Phi) is 4.77. The van der Waals surface area contributed by atoms with Crippen LogP contribution in [0.2, 0.25) is 5.02 Å². The highest BCUT2D eigenvalue weighted by molar-refractivity contribution is 7.21. The largest absolute Gasteiger partial charge is 0.322 e. The molecular weight excluding hydrogens is 398 g/mol. The maximum atomic E-state index is 12.5. The first-order valence-electron chi connectivity index (χ1n) is 8.23. The van der Waals surface area contributed by atoms with E-state index in [0.717, 1.165) is 20.8 Å². The molecule has 4 rings (SSSR count). The van der Waals surface area contributed by atoms with Crippen molar-refractivity contribution >= 4 is 50.4 Å². The van der Waals surface area contributed by atoms with Crippen LogP contribution in [0, 0.1) is 10.1 Å². The number of hydrogen-bond donors (Lipinski definition) is 1. The zero-order valence-corrected chi connectivity index (χ0v) is 15.8. The highest BCUT2D eigenvalue weighted by atomic mass is 35.5. The number of thiazole rings is 1. The van der Waals surface area contributed by atoms with Gasteiger partial charge in [0.05, 0.1) is 20.2 Å². The predicted molar refractivity (Wildman–Crippen MR) is 111 cm³/mol. The molecule has 1 heterocycles. The lowest BCUT2D eigenvalue weighted by atomic mass is 10.1. The van der Waals surface area contributed by atoms with E-state index in [2.05, 4.69) is 10.3 Å². The number of nitrogens with zero attached hydrogens (tertiary/aromatic N) is 2. The normalized spacial score (nSPS) is 10.8. The number of nitro groups is 1. The van der Waals surface area contributed by atoms with Gasteiger partial charge in [0.25, 0.3) is 11.6 Å². The van der Waals surface area contributed by atoms with Crippen LogP contribution in [-0.2, 0) is 0 Å². The van der Waals surface area contributed by atoms with Gasteiger partial charge >= 0.3 is 0 Å². The second-order valence-electron chi connectivity index (χ2n) is 5.91. The molecular formula is C20H12ClN3O3S. The summed E-state index contributed by atoms with van der Waals surface area (Å²) in [5, 5.41) is 15.0. The fourth-order valence-electron chi connectivity index (χ4n) is 2.78. The first-order chi connectivity index (χ1) is 13.5. The average molecular weight is 410 g/mol. The lowest BCUT2D eigenvalue weighted by Crippen LogP contribution is -2.13. The first-order valence-corrected chi connectivity index (χ1v) is 9.42. The van der Waals surface area contributed by atoms with E-state index in [9.17, 15) is 14.9 Å². The number of hydrogen-bond acceptors (Lipinski definition) is 5. The monoisotopic (exact) mass is 409 g/mol.